The molecule has 4 rings (SSSR count). The van der Waals surface area contributed by atoms with Crippen LogP contribution >= 0.6 is 0 Å². The quantitative estimate of drug-likeness (QED) is 0.797. The molecule has 2 aromatic carbocycles. The minimum Gasteiger partial charge on any atom is -0.456 e. The summed E-state index contributed by atoms with van der Waals surface area (Å²) in [4.78, 5) is 0. The van der Waals surface area contributed by atoms with E-state index in [1.54, 1.807) is 0 Å². The van der Waals surface area contributed by atoms with Gasteiger partial charge in [-0.15, -0.1) is 0 Å². The van der Waals surface area contributed by atoms with Crippen LogP contribution in [-0.4, -0.2) is 0 Å². The lowest BCUT2D eigenvalue weighted by Gasteiger charge is -2.24. The van der Waals surface area contributed by atoms with Crippen LogP contribution in [0.5, 0.6) is 5.75 Å². The molecule has 0 saturated heterocycles. The van der Waals surface area contributed by atoms with Gasteiger partial charge in [0.1, 0.15) is 11.6 Å². The van der Waals surface area contributed by atoms with Gasteiger partial charge in [0.15, 0.2) is 5.75 Å². The lowest BCUT2D eigenvalue weighted by Crippen LogP contribution is -2.23. The Balaban J connectivity index is 1.57. The molecule has 0 bridgehead atoms. The third-order valence-electron chi connectivity index (χ3n) is 4.89. The van der Waals surface area contributed by atoms with Crippen LogP contribution in [0.25, 0.3) is 0 Å². The molecule has 0 fully saturated rings. The molecule has 2 aliphatic rings. The molecule has 1 unspecified atom stereocenters. The fourth-order valence-corrected chi connectivity index (χ4v) is 3.51. The van der Waals surface area contributed by atoms with Crippen LogP contribution in [0.4, 0.5) is 5.69 Å². The van der Waals surface area contributed by atoms with E-state index in [1.165, 1.54) is 11.1 Å². The zero-order valence-electron chi connectivity index (χ0n) is 13.2. The normalized spacial score (nSPS) is 18.0. The van der Waals surface area contributed by atoms with E-state index in [2.05, 4.69) is 41.7 Å². The van der Waals surface area contributed by atoms with Gasteiger partial charge in [0, 0.05) is 6.04 Å². The zero-order chi connectivity index (χ0) is 16.0. The highest BCUT2D eigenvalue weighted by Crippen LogP contribution is 2.38. The number of fused-ring (bicyclic) bond motifs is 2. The summed E-state index contributed by atoms with van der Waals surface area (Å²) in [5.41, 5.74) is 17.3. The fourth-order valence-electron chi connectivity index (χ4n) is 3.51. The summed E-state index contributed by atoms with van der Waals surface area (Å²) in [5, 5.41) is 3.19. The number of anilines is 1. The molecule has 1 aliphatic heterocycles. The smallest absolute Gasteiger partial charge is 0.150 e. The Morgan fingerprint density at radius 2 is 1.83 bits per heavy atom. The zero-order valence-corrected chi connectivity index (χ0v) is 13.2. The van der Waals surface area contributed by atoms with Gasteiger partial charge in [0.05, 0.1) is 5.69 Å². The van der Waals surface area contributed by atoms with Crippen LogP contribution in [0.3, 0.4) is 0 Å². The summed E-state index contributed by atoms with van der Waals surface area (Å²) in [6.07, 6.45) is 2.08. The van der Waals surface area contributed by atoms with E-state index < -0.39 is 0 Å². The van der Waals surface area contributed by atoms with E-state index in [0.717, 1.165) is 29.8 Å². The second-order valence-electron chi connectivity index (χ2n) is 6.42. The number of ether oxygens (including phenoxy) is 1. The lowest BCUT2D eigenvalue weighted by atomic mass is 9.91. The molecule has 0 aromatic heterocycles. The Hall–Kier alpha value is -2.46. The van der Waals surface area contributed by atoms with E-state index in [4.69, 9.17) is 16.2 Å². The van der Waals surface area contributed by atoms with Crippen LogP contribution in [0.1, 0.15) is 29.7 Å². The molecule has 1 aliphatic carbocycles. The van der Waals surface area contributed by atoms with Gasteiger partial charge in [0.2, 0.25) is 0 Å². The van der Waals surface area contributed by atoms with Crippen molar-refractivity contribution in [3.63, 3.8) is 0 Å². The Bertz CT molecular complexity index is 772. The average molecular weight is 307 g/mol. The Labute approximate surface area is 136 Å². The van der Waals surface area contributed by atoms with Crippen molar-refractivity contribution in [1.29, 1.82) is 0 Å². The molecule has 2 aromatic rings. The van der Waals surface area contributed by atoms with Crippen molar-refractivity contribution in [2.45, 2.75) is 25.8 Å². The topological polar surface area (TPSA) is 73.3 Å². The van der Waals surface area contributed by atoms with Crippen molar-refractivity contribution in [2.24, 2.45) is 17.4 Å². The standard InChI is InChI=1S/C19H21N3O/c1-11-19(21)22-16-10-14(6-7-17(16)23-11)18(20)15-8-12-4-2-3-5-13(12)9-15/h2-7,10,15,18,22H,8-9,20-21H2,1H3. The Morgan fingerprint density at radius 3 is 2.52 bits per heavy atom. The van der Waals surface area contributed by atoms with E-state index in [9.17, 15) is 0 Å². The molecule has 0 amide bonds. The first kappa shape index (κ1) is 14.2. The maximum atomic E-state index is 6.56. The SMILES string of the molecule is CC1=C(N)Nc2cc(C(N)C3Cc4ccccc4C3)ccc2O1. The predicted molar refractivity (Wildman–Crippen MR) is 91.8 cm³/mol. The molecule has 0 saturated carbocycles. The number of hydrogen-bond donors (Lipinski definition) is 3. The number of hydrogen-bond acceptors (Lipinski definition) is 4. The maximum absolute atomic E-state index is 6.56. The molecule has 5 N–H and O–H groups in total. The van der Waals surface area contributed by atoms with E-state index >= 15 is 0 Å². The van der Waals surface area contributed by atoms with Gasteiger partial charge in [-0.3, -0.25) is 0 Å². The molecular formula is C19H21N3O. The van der Waals surface area contributed by atoms with Crippen LogP contribution < -0.4 is 21.5 Å². The highest BCUT2D eigenvalue weighted by molar-refractivity contribution is 5.63. The van der Waals surface area contributed by atoms with Gasteiger partial charge >= 0.3 is 0 Å². The van der Waals surface area contributed by atoms with Gasteiger partial charge < -0.3 is 21.5 Å². The number of nitrogens with one attached hydrogen (secondary N) is 1. The summed E-state index contributed by atoms with van der Waals surface area (Å²) in [6, 6.07) is 14.7. The van der Waals surface area contributed by atoms with Crippen molar-refractivity contribution in [3.8, 4) is 5.75 Å². The van der Waals surface area contributed by atoms with Gasteiger partial charge in [-0.25, -0.2) is 0 Å². The Morgan fingerprint density at radius 1 is 1.13 bits per heavy atom. The summed E-state index contributed by atoms with van der Waals surface area (Å²) in [6.45, 7) is 1.85. The van der Waals surface area contributed by atoms with Crippen LogP contribution in [-0.2, 0) is 12.8 Å². The summed E-state index contributed by atoms with van der Waals surface area (Å²) in [7, 11) is 0. The second-order valence-corrected chi connectivity index (χ2v) is 6.42. The highest BCUT2D eigenvalue weighted by atomic mass is 16.5. The molecule has 0 spiro atoms. The number of nitrogens with two attached hydrogens (primary N) is 2. The summed E-state index contributed by atoms with van der Waals surface area (Å²) < 4.78 is 5.71. The first-order chi connectivity index (χ1) is 11.1. The lowest BCUT2D eigenvalue weighted by molar-refractivity contribution is 0.414. The summed E-state index contributed by atoms with van der Waals surface area (Å²) in [5.74, 6) is 2.48. The van der Waals surface area contributed by atoms with Gasteiger partial charge in [0.25, 0.3) is 0 Å². The largest absolute Gasteiger partial charge is 0.456 e. The first-order valence-corrected chi connectivity index (χ1v) is 7.99. The number of benzene rings is 2. The van der Waals surface area contributed by atoms with Crippen molar-refractivity contribution < 1.29 is 4.74 Å². The van der Waals surface area contributed by atoms with Crippen molar-refractivity contribution in [2.75, 3.05) is 5.32 Å². The second kappa shape index (κ2) is 5.32. The molecular weight excluding hydrogens is 286 g/mol. The molecule has 1 atom stereocenters. The predicted octanol–water partition coefficient (Wildman–Crippen LogP) is 3.05. The van der Waals surface area contributed by atoms with E-state index in [-0.39, 0.29) is 6.04 Å². The molecule has 4 nitrogen and oxygen atoms in total. The van der Waals surface area contributed by atoms with Gasteiger partial charge in [-0.05, 0) is 54.5 Å². The molecule has 118 valence electrons. The third kappa shape index (κ3) is 2.45. The minimum atomic E-state index is 0.00253. The summed E-state index contributed by atoms with van der Waals surface area (Å²) >= 11 is 0. The van der Waals surface area contributed by atoms with Crippen LogP contribution in [0, 0.1) is 5.92 Å². The van der Waals surface area contributed by atoms with E-state index in [1.807, 2.05) is 13.0 Å². The molecule has 4 heteroatoms. The molecule has 1 heterocycles. The van der Waals surface area contributed by atoms with Crippen molar-refractivity contribution >= 4 is 5.69 Å². The van der Waals surface area contributed by atoms with Crippen LogP contribution in [0.2, 0.25) is 0 Å². The molecule has 23 heavy (non-hydrogen) atoms. The fraction of sp³-hybridized carbons (Fsp3) is 0.263. The van der Waals surface area contributed by atoms with E-state index in [0.29, 0.717) is 17.5 Å². The van der Waals surface area contributed by atoms with Gasteiger partial charge in [-0.1, -0.05) is 30.3 Å². The highest BCUT2D eigenvalue weighted by Gasteiger charge is 2.28. The molecule has 0 radical (unpaired) electrons. The first-order valence-electron chi connectivity index (χ1n) is 7.99. The average Bonchev–Trinajstić information content (AvgIpc) is 2.99. The number of rotatable bonds is 2. The van der Waals surface area contributed by atoms with Crippen LogP contribution in [0.15, 0.2) is 54.0 Å². The third-order valence-corrected chi connectivity index (χ3v) is 4.89. The Kier molecular flexibility index (Phi) is 3.27. The van der Waals surface area contributed by atoms with Gasteiger partial charge in [-0.2, -0.15) is 0 Å². The van der Waals surface area contributed by atoms with Crippen molar-refractivity contribution in [3.05, 3.63) is 70.7 Å². The van der Waals surface area contributed by atoms with Crippen molar-refractivity contribution in [1.82, 2.24) is 0 Å². The monoisotopic (exact) mass is 307 g/mol. The minimum absolute atomic E-state index is 0.00253. The maximum Gasteiger partial charge on any atom is 0.150 e. The number of allylic oxidation sites excluding steroid dienone is 1.